The normalized spacial score (nSPS) is 11.3. The Kier molecular flexibility index (Phi) is 8.98. The van der Waals surface area contributed by atoms with Gasteiger partial charge in [-0.3, -0.25) is 9.10 Å². The fraction of sp³-hybridized carbons (Fsp3) is 0.321. The van der Waals surface area contributed by atoms with Crippen molar-refractivity contribution in [2.45, 2.75) is 38.5 Å². The van der Waals surface area contributed by atoms with Crippen molar-refractivity contribution >= 4 is 21.6 Å². The minimum atomic E-state index is -4.04. The van der Waals surface area contributed by atoms with Gasteiger partial charge in [-0.05, 0) is 61.2 Å². The zero-order valence-electron chi connectivity index (χ0n) is 21.4. The van der Waals surface area contributed by atoms with Gasteiger partial charge in [0.15, 0.2) is 0 Å². The van der Waals surface area contributed by atoms with Crippen molar-refractivity contribution in [2.24, 2.45) is 0 Å². The first-order valence-electron chi connectivity index (χ1n) is 11.9. The lowest BCUT2D eigenvalue weighted by Gasteiger charge is -2.26. The maximum absolute atomic E-state index is 13.6. The number of hydrogen-bond acceptors (Lipinski definition) is 5. The molecule has 0 fully saturated rings. The first-order chi connectivity index (χ1) is 17.1. The number of nitrogens with one attached hydrogen (secondary N) is 1. The summed E-state index contributed by atoms with van der Waals surface area (Å²) in [6.45, 7) is 8.00. The predicted octanol–water partition coefficient (Wildman–Crippen LogP) is 4.83. The number of sulfonamides is 1. The van der Waals surface area contributed by atoms with Gasteiger partial charge in [0.2, 0.25) is 5.91 Å². The molecule has 3 rings (SSSR count). The van der Waals surface area contributed by atoms with E-state index in [1.54, 1.807) is 24.3 Å². The number of para-hydroxylation sites is 1. The van der Waals surface area contributed by atoms with Gasteiger partial charge in [0.1, 0.15) is 24.7 Å². The maximum atomic E-state index is 13.6. The second-order valence-corrected chi connectivity index (χ2v) is 10.8. The summed E-state index contributed by atoms with van der Waals surface area (Å²) in [5.74, 6) is 0.989. The zero-order valence-corrected chi connectivity index (χ0v) is 22.3. The SMILES string of the molecule is COc1ccc(C)cc1N(CC(=O)NCCOc1ccccc1C(C)C)S(=O)(=O)c1ccc(C)cc1. The van der Waals surface area contributed by atoms with Gasteiger partial charge in [0, 0.05) is 0 Å². The van der Waals surface area contributed by atoms with Crippen molar-refractivity contribution in [1.29, 1.82) is 0 Å². The minimum Gasteiger partial charge on any atom is -0.495 e. The van der Waals surface area contributed by atoms with Crippen molar-refractivity contribution in [2.75, 3.05) is 31.1 Å². The molecule has 8 heteroatoms. The van der Waals surface area contributed by atoms with Crippen molar-refractivity contribution in [3.05, 3.63) is 83.4 Å². The third kappa shape index (κ3) is 6.57. The van der Waals surface area contributed by atoms with E-state index in [9.17, 15) is 13.2 Å². The Bertz CT molecular complexity index is 1290. The Morgan fingerprint density at radius 1 is 0.944 bits per heavy atom. The van der Waals surface area contributed by atoms with E-state index in [1.807, 2.05) is 44.2 Å². The fourth-order valence-electron chi connectivity index (χ4n) is 3.76. The molecule has 1 amide bonds. The summed E-state index contributed by atoms with van der Waals surface area (Å²) < 4.78 is 39.7. The van der Waals surface area contributed by atoms with E-state index >= 15 is 0 Å². The number of methoxy groups -OCH3 is 1. The summed E-state index contributed by atoms with van der Waals surface area (Å²) in [5, 5.41) is 2.78. The van der Waals surface area contributed by atoms with Gasteiger partial charge in [-0.25, -0.2) is 8.42 Å². The number of ether oxygens (including phenoxy) is 2. The minimum absolute atomic E-state index is 0.0954. The number of rotatable bonds is 11. The molecular weight excluding hydrogens is 476 g/mol. The standard InChI is InChI=1S/C28H34N2O5S/c1-20(2)24-8-6-7-9-26(24)35-17-16-29-28(31)19-30(25-18-22(4)12-15-27(25)34-5)36(32,33)23-13-10-21(3)11-14-23/h6-15,18,20H,16-17,19H2,1-5H3,(H,29,31). The highest BCUT2D eigenvalue weighted by Gasteiger charge is 2.29. The molecule has 0 aliphatic carbocycles. The third-order valence-corrected chi connectivity index (χ3v) is 7.50. The van der Waals surface area contributed by atoms with Crippen LogP contribution in [0.3, 0.4) is 0 Å². The summed E-state index contributed by atoms with van der Waals surface area (Å²) in [5.41, 5.74) is 3.17. The average Bonchev–Trinajstić information content (AvgIpc) is 2.85. The Morgan fingerprint density at radius 2 is 1.61 bits per heavy atom. The molecule has 0 atom stereocenters. The molecule has 0 saturated heterocycles. The van der Waals surface area contributed by atoms with Crippen LogP contribution in [0.25, 0.3) is 0 Å². The number of carbonyl (C=O) groups is 1. The zero-order chi connectivity index (χ0) is 26.3. The molecule has 0 spiro atoms. The number of benzene rings is 3. The van der Waals surface area contributed by atoms with E-state index in [4.69, 9.17) is 9.47 Å². The van der Waals surface area contributed by atoms with Gasteiger partial charge in [-0.2, -0.15) is 0 Å². The molecule has 0 aromatic heterocycles. The van der Waals surface area contributed by atoms with Crippen LogP contribution >= 0.6 is 0 Å². The second-order valence-electron chi connectivity index (χ2n) is 8.89. The van der Waals surface area contributed by atoms with E-state index in [0.29, 0.717) is 17.4 Å². The second kappa shape index (κ2) is 11.9. The van der Waals surface area contributed by atoms with Crippen molar-refractivity contribution in [1.82, 2.24) is 5.32 Å². The molecule has 0 aliphatic heterocycles. The summed E-state index contributed by atoms with van der Waals surface area (Å²) >= 11 is 0. The number of nitrogens with zero attached hydrogens (tertiary/aromatic N) is 1. The van der Waals surface area contributed by atoms with Crippen molar-refractivity contribution in [3.63, 3.8) is 0 Å². The molecule has 0 heterocycles. The highest BCUT2D eigenvalue weighted by molar-refractivity contribution is 7.92. The smallest absolute Gasteiger partial charge is 0.264 e. The molecule has 0 unspecified atom stereocenters. The van der Waals surface area contributed by atoms with E-state index in [2.05, 4.69) is 19.2 Å². The van der Waals surface area contributed by atoms with Crippen molar-refractivity contribution < 1.29 is 22.7 Å². The molecule has 36 heavy (non-hydrogen) atoms. The van der Waals surface area contributed by atoms with Crippen LogP contribution in [0.15, 0.2) is 71.6 Å². The molecule has 3 aromatic rings. The van der Waals surface area contributed by atoms with Crippen LogP contribution in [0.1, 0.15) is 36.5 Å². The number of aryl methyl sites for hydroxylation is 2. The maximum Gasteiger partial charge on any atom is 0.264 e. The lowest BCUT2D eigenvalue weighted by Crippen LogP contribution is -2.42. The molecule has 3 aromatic carbocycles. The van der Waals surface area contributed by atoms with Gasteiger partial charge in [0.25, 0.3) is 10.0 Å². The predicted molar refractivity (Wildman–Crippen MR) is 142 cm³/mol. The van der Waals surface area contributed by atoms with Gasteiger partial charge < -0.3 is 14.8 Å². The molecule has 0 saturated carbocycles. The molecular formula is C28H34N2O5S. The van der Waals surface area contributed by atoms with Crippen LogP contribution in [0.2, 0.25) is 0 Å². The molecule has 0 aliphatic rings. The fourth-order valence-corrected chi connectivity index (χ4v) is 5.18. The Labute approximate surface area is 214 Å². The number of amides is 1. The number of carbonyl (C=O) groups excluding carboxylic acids is 1. The summed E-state index contributed by atoms with van der Waals surface area (Å²) in [7, 11) is -2.57. The first kappa shape index (κ1) is 27.1. The van der Waals surface area contributed by atoms with E-state index in [0.717, 1.165) is 26.7 Å². The van der Waals surface area contributed by atoms with Crippen LogP contribution < -0.4 is 19.1 Å². The average molecular weight is 511 g/mol. The summed E-state index contributed by atoms with van der Waals surface area (Å²) in [4.78, 5) is 13.0. The quantitative estimate of drug-likeness (QED) is 0.374. The Hall–Kier alpha value is -3.52. The van der Waals surface area contributed by atoms with Gasteiger partial charge >= 0.3 is 0 Å². The topological polar surface area (TPSA) is 84.9 Å². The van der Waals surface area contributed by atoms with Gasteiger partial charge in [-0.15, -0.1) is 0 Å². The van der Waals surface area contributed by atoms with Crippen molar-refractivity contribution in [3.8, 4) is 11.5 Å². The lowest BCUT2D eigenvalue weighted by molar-refractivity contribution is -0.119. The molecule has 1 N–H and O–H groups in total. The monoisotopic (exact) mass is 510 g/mol. The molecule has 192 valence electrons. The van der Waals surface area contributed by atoms with E-state index < -0.39 is 22.5 Å². The van der Waals surface area contributed by atoms with E-state index in [-0.39, 0.29) is 18.0 Å². The van der Waals surface area contributed by atoms with Crippen LogP contribution in [0.4, 0.5) is 5.69 Å². The third-order valence-electron chi connectivity index (χ3n) is 5.72. The molecule has 0 bridgehead atoms. The Balaban J connectivity index is 1.78. The highest BCUT2D eigenvalue weighted by atomic mass is 32.2. The number of hydrogen-bond donors (Lipinski definition) is 1. The summed E-state index contributed by atoms with van der Waals surface area (Å²) in [6, 6.07) is 19.5. The Morgan fingerprint density at radius 3 is 2.28 bits per heavy atom. The molecule has 7 nitrogen and oxygen atoms in total. The van der Waals surface area contributed by atoms with Crippen LogP contribution in [-0.4, -0.2) is 41.1 Å². The highest BCUT2D eigenvalue weighted by Crippen LogP contribution is 2.33. The largest absolute Gasteiger partial charge is 0.495 e. The van der Waals surface area contributed by atoms with Gasteiger partial charge in [-0.1, -0.05) is 55.8 Å². The van der Waals surface area contributed by atoms with Crippen LogP contribution in [0.5, 0.6) is 11.5 Å². The van der Waals surface area contributed by atoms with Crippen LogP contribution in [0, 0.1) is 13.8 Å². The van der Waals surface area contributed by atoms with Crippen LogP contribution in [-0.2, 0) is 14.8 Å². The molecule has 0 radical (unpaired) electrons. The van der Waals surface area contributed by atoms with Gasteiger partial charge in [0.05, 0.1) is 24.2 Å². The first-order valence-corrected chi connectivity index (χ1v) is 13.3. The number of anilines is 1. The lowest BCUT2D eigenvalue weighted by atomic mass is 10.0. The summed E-state index contributed by atoms with van der Waals surface area (Å²) in [6.07, 6.45) is 0. The van der Waals surface area contributed by atoms with E-state index in [1.165, 1.54) is 19.2 Å².